The molecular weight excluding hydrogens is 328 g/mol. The topological polar surface area (TPSA) is 98.0 Å². The average molecular weight is 342 g/mol. The predicted molar refractivity (Wildman–Crippen MR) is 91.7 cm³/mol. The van der Waals surface area contributed by atoms with Gasteiger partial charge in [0.1, 0.15) is 5.82 Å². The van der Waals surface area contributed by atoms with Gasteiger partial charge in [0, 0.05) is 18.3 Å². The van der Waals surface area contributed by atoms with E-state index in [0.717, 1.165) is 0 Å². The first-order valence-electron chi connectivity index (χ1n) is 7.31. The van der Waals surface area contributed by atoms with Crippen molar-refractivity contribution in [2.45, 2.75) is 19.4 Å². The van der Waals surface area contributed by atoms with E-state index in [4.69, 9.17) is 5.11 Å². The highest BCUT2D eigenvalue weighted by molar-refractivity contribution is 7.03. The first-order chi connectivity index (χ1) is 11.6. The molecule has 0 aliphatic carbocycles. The van der Waals surface area contributed by atoms with Crippen LogP contribution in [-0.4, -0.2) is 30.2 Å². The zero-order valence-corrected chi connectivity index (χ0v) is 13.4. The fourth-order valence-electron chi connectivity index (χ4n) is 2.32. The Labute approximate surface area is 141 Å². The lowest BCUT2D eigenvalue weighted by atomic mass is 10.2. The smallest absolute Gasteiger partial charge is 0.303 e. The monoisotopic (exact) mass is 342 g/mol. The molecule has 0 saturated heterocycles. The number of benzene rings is 1. The molecule has 3 aromatic rings. The molecule has 0 bridgehead atoms. The number of rotatable bonds is 6. The van der Waals surface area contributed by atoms with Crippen molar-refractivity contribution in [3.8, 4) is 0 Å². The van der Waals surface area contributed by atoms with E-state index >= 15 is 0 Å². The van der Waals surface area contributed by atoms with E-state index in [-0.39, 0.29) is 18.5 Å². The molecule has 0 unspecified atom stereocenters. The van der Waals surface area contributed by atoms with Crippen LogP contribution in [0.25, 0.3) is 23.1 Å². The SMILES string of the molecule is O=C(O)CCCn1c(/C=C\c2csnn2)nc2ccccc2c1=O. The lowest BCUT2D eigenvalue weighted by Crippen LogP contribution is -2.24. The van der Waals surface area contributed by atoms with Crippen molar-refractivity contribution in [2.75, 3.05) is 0 Å². The first-order valence-corrected chi connectivity index (χ1v) is 8.15. The molecule has 0 amide bonds. The van der Waals surface area contributed by atoms with Crippen molar-refractivity contribution in [3.63, 3.8) is 0 Å². The molecule has 1 N–H and O–H groups in total. The molecule has 1 aromatic carbocycles. The van der Waals surface area contributed by atoms with Crippen molar-refractivity contribution >= 4 is 40.6 Å². The van der Waals surface area contributed by atoms with Gasteiger partial charge in [0.2, 0.25) is 0 Å². The van der Waals surface area contributed by atoms with Crippen LogP contribution in [0.1, 0.15) is 24.4 Å². The number of carboxylic acid groups (broad SMARTS) is 1. The van der Waals surface area contributed by atoms with Crippen LogP contribution in [0, 0.1) is 0 Å². The van der Waals surface area contributed by atoms with Crippen LogP contribution < -0.4 is 5.56 Å². The molecule has 122 valence electrons. The molecule has 2 heterocycles. The van der Waals surface area contributed by atoms with Crippen molar-refractivity contribution in [1.29, 1.82) is 0 Å². The van der Waals surface area contributed by atoms with Gasteiger partial charge in [0.25, 0.3) is 5.56 Å². The molecule has 0 saturated carbocycles. The number of fused-ring (bicyclic) bond motifs is 1. The Kier molecular flexibility index (Phi) is 4.76. The average Bonchev–Trinajstić information content (AvgIpc) is 3.08. The third kappa shape index (κ3) is 3.54. The summed E-state index contributed by atoms with van der Waals surface area (Å²) in [6, 6.07) is 7.10. The number of aromatic nitrogens is 4. The summed E-state index contributed by atoms with van der Waals surface area (Å²) in [6.07, 6.45) is 3.78. The maximum absolute atomic E-state index is 12.7. The summed E-state index contributed by atoms with van der Waals surface area (Å²) in [5.74, 6) is -0.417. The van der Waals surface area contributed by atoms with Crippen molar-refractivity contribution < 1.29 is 9.90 Å². The molecule has 0 spiro atoms. The summed E-state index contributed by atoms with van der Waals surface area (Å²) in [7, 11) is 0. The van der Waals surface area contributed by atoms with E-state index in [1.807, 2.05) is 6.07 Å². The van der Waals surface area contributed by atoms with Gasteiger partial charge in [0.05, 0.1) is 16.6 Å². The van der Waals surface area contributed by atoms with Crippen LogP contribution in [-0.2, 0) is 11.3 Å². The zero-order valence-electron chi connectivity index (χ0n) is 12.6. The molecule has 8 heteroatoms. The molecular formula is C16H14N4O3S. The molecule has 0 aliphatic rings. The fourth-order valence-corrected chi connectivity index (χ4v) is 2.74. The number of carboxylic acids is 1. The van der Waals surface area contributed by atoms with E-state index in [0.29, 0.717) is 28.8 Å². The van der Waals surface area contributed by atoms with Crippen LogP contribution in [0.2, 0.25) is 0 Å². The minimum absolute atomic E-state index is 0.00156. The van der Waals surface area contributed by atoms with Crippen molar-refractivity contribution in [2.24, 2.45) is 0 Å². The van der Waals surface area contributed by atoms with Crippen molar-refractivity contribution in [1.82, 2.24) is 19.1 Å². The number of carbonyl (C=O) groups is 1. The van der Waals surface area contributed by atoms with Gasteiger partial charge >= 0.3 is 5.97 Å². The number of aliphatic carboxylic acids is 1. The third-order valence-electron chi connectivity index (χ3n) is 3.44. The lowest BCUT2D eigenvalue weighted by Gasteiger charge is -2.10. The number of hydrogen-bond donors (Lipinski definition) is 1. The van der Waals surface area contributed by atoms with E-state index in [9.17, 15) is 9.59 Å². The summed E-state index contributed by atoms with van der Waals surface area (Å²) in [4.78, 5) is 27.9. The van der Waals surface area contributed by atoms with Gasteiger partial charge in [-0.3, -0.25) is 14.2 Å². The Balaban J connectivity index is 2.03. The molecule has 24 heavy (non-hydrogen) atoms. The van der Waals surface area contributed by atoms with E-state index in [1.54, 1.807) is 35.7 Å². The van der Waals surface area contributed by atoms with Crippen LogP contribution in [0.5, 0.6) is 0 Å². The Morgan fingerprint density at radius 1 is 1.29 bits per heavy atom. The number of para-hydroxylation sites is 1. The van der Waals surface area contributed by atoms with E-state index in [2.05, 4.69) is 14.6 Å². The standard InChI is InChI=1S/C16H14N4O3S/c21-15(22)6-3-9-20-14(8-7-11-10-24-19-18-11)17-13-5-2-1-4-12(13)16(20)23/h1-2,4-5,7-8,10H,3,6,9H2,(H,21,22)/b8-7-. The van der Waals surface area contributed by atoms with Crippen LogP contribution >= 0.6 is 11.5 Å². The highest BCUT2D eigenvalue weighted by atomic mass is 32.1. The Bertz CT molecular complexity index is 948. The highest BCUT2D eigenvalue weighted by Gasteiger charge is 2.09. The van der Waals surface area contributed by atoms with Gasteiger partial charge in [-0.1, -0.05) is 16.6 Å². The molecule has 0 radical (unpaired) electrons. The molecule has 0 fully saturated rings. The first kappa shape index (κ1) is 16.0. The second-order valence-corrected chi connectivity index (χ2v) is 5.71. The summed E-state index contributed by atoms with van der Waals surface area (Å²) in [5.41, 5.74) is 1.11. The van der Waals surface area contributed by atoms with Crippen molar-refractivity contribution in [3.05, 3.63) is 51.5 Å². The third-order valence-corrected chi connectivity index (χ3v) is 3.97. The largest absolute Gasteiger partial charge is 0.481 e. The van der Waals surface area contributed by atoms with Gasteiger partial charge in [-0.2, -0.15) is 0 Å². The van der Waals surface area contributed by atoms with E-state index in [1.165, 1.54) is 16.1 Å². The second kappa shape index (κ2) is 7.14. The Hall–Kier alpha value is -2.87. The minimum atomic E-state index is -0.887. The minimum Gasteiger partial charge on any atom is -0.481 e. The van der Waals surface area contributed by atoms with E-state index < -0.39 is 5.97 Å². The summed E-state index contributed by atoms with van der Waals surface area (Å²) >= 11 is 1.24. The van der Waals surface area contributed by atoms with Crippen LogP contribution in [0.4, 0.5) is 0 Å². The van der Waals surface area contributed by atoms with Gasteiger partial charge in [-0.25, -0.2) is 4.98 Å². The summed E-state index contributed by atoms with van der Waals surface area (Å²) in [5, 5.41) is 15.0. The van der Waals surface area contributed by atoms with Gasteiger partial charge in [-0.05, 0) is 42.2 Å². The zero-order chi connectivity index (χ0) is 16.9. The molecule has 7 nitrogen and oxygen atoms in total. The molecule has 0 atom stereocenters. The predicted octanol–water partition coefficient (Wildman–Crippen LogP) is 2.28. The van der Waals surface area contributed by atoms with Gasteiger partial charge in [0.15, 0.2) is 0 Å². The highest BCUT2D eigenvalue weighted by Crippen LogP contribution is 2.11. The number of hydrogen-bond acceptors (Lipinski definition) is 6. The number of nitrogens with zero attached hydrogens (tertiary/aromatic N) is 4. The van der Waals surface area contributed by atoms with Crippen LogP contribution in [0.3, 0.4) is 0 Å². The molecule has 0 aliphatic heterocycles. The quantitative estimate of drug-likeness (QED) is 0.738. The fraction of sp³-hybridized carbons (Fsp3) is 0.188. The molecule has 3 rings (SSSR count). The Morgan fingerprint density at radius 2 is 2.12 bits per heavy atom. The summed E-state index contributed by atoms with van der Waals surface area (Å²) in [6.45, 7) is 0.290. The lowest BCUT2D eigenvalue weighted by molar-refractivity contribution is -0.137. The van der Waals surface area contributed by atoms with Gasteiger partial charge < -0.3 is 5.11 Å². The Morgan fingerprint density at radius 3 is 2.88 bits per heavy atom. The van der Waals surface area contributed by atoms with Gasteiger partial charge in [-0.15, -0.1) is 5.10 Å². The normalized spacial score (nSPS) is 11.3. The molecule has 2 aromatic heterocycles. The second-order valence-electron chi connectivity index (χ2n) is 5.10. The summed E-state index contributed by atoms with van der Waals surface area (Å²) < 4.78 is 5.28. The maximum Gasteiger partial charge on any atom is 0.303 e. The van der Waals surface area contributed by atoms with Crippen LogP contribution in [0.15, 0.2) is 34.4 Å². The maximum atomic E-state index is 12.7.